The summed E-state index contributed by atoms with van der Waals surface area (Å²) in [4.78, 5) is 16.5. The van der Waals surface area contributed by atoms with Gasteiger partial charge in [0.1, 0.15) is 5.60 Å². The van der Waals surface area contributed by atoms with Crippen molar-refractivity contribution in [2.24, 2.45) is 11.7 Å². The van der Waals surface area contributed by atoms with Crippen LogP contribution in [-0.4, -0.2) is 60.3 Å². The molecule has 5 heteroatoms. The summed E-state index contributed by atoms with van der Waals surface area (Å²) < 4.78 is 5.48. The van der Waals surface area contributed by atoms with E-state index < -0.39 is 5.60 Å². The van der Waals surface area contributed by atoms with E-state index >= 15 is 0 Å². The van der Waals surface area contributed by atoms with Gasteiger partial charge in [-0.05, 0) is 59.0 Å². The average molecular weight is 283 g/mol. The number of rotatable bonds is 2. The third kappa shape index (κ3) is 4.09. The second-order valence-corrected chi connectivity index (χ2v) is 7.11. The van der Waals surface area contributed by atoms with Gasteiger partial charge in [0.05, 0.1) is 0 Å². The van der Waals surface area contributed by atoms with Crippen LogP contribution in [0.5, 0.6) is 0 Å². The van der Waals surface area contributed by atoms with Gasteiger partial charge < -0.3 is 15.4 Å². The summed E-state index contributed by atoms with van der Waals surface area (Å²) in [6, 6.07) is 0.479. The monoisotopic (exact) mass is 283 g/mol. The number of nitrogens with two attached hydrogens (primary N) is 1. The third-order valence-corrected chi connectivity index (χ3v) is 4.22. The van der Waals surface area contributed by atoms with Crippen molar-refractivity contribution in [3.63, 3.8) is 0 Å². The SMILES string of the molecule is CC(C)(C)OC(=O)N1CCCC(N2CCC(CN)C2)C1. The number of ether oxygens (including phenoxy) is 1. The molecule has 0 aromatic carbocycles. The van der Waals surface area contributed by atoms with Gasteiger partial charge in [-0.3, -0.25) is 4.90 Å². The lowest BCUT2D eigenvalue weighted by Gasteiger charge is -2.38. The molecular formula is C15H29N3O2. The molecule has 2 heterocycles. The van der Waals surface area contributed by atoms with Gasteiger partial charge >= 0.3 is 6.09 Å². The quantitative estimate of drug-likeness (QED) is 0.837. The molecule has 2 aliphatic heterocycles. The van der Waals surface area contributed by atoms with E-state index in [1.165, 1.54) is 12.8 Å². The van der Waals surface area contributed by atoms with Crippen LogP contribution in [0.3, 0.4) is 0 Å². The zero-order chi connectivity index (χ0) is 14.8. The number of likely N-dealkylation sites (tertiary alicyclic amines) is 2. The predicted octanol–water partition coefficient (Wildman–Crippen LogP) is 1.67. The van der Waals surface area contributed by atoms with E-state index in [0.717, 1.165) is 39.1 Å². The van der Waals surface area contributed by atoms with Gasteiger partial charge in [-0.2, -0.15) is 0 Å². The minimum atomic E-state index is -0.414. The summed E-state index contributed by atoms with van der Waals surface area (Å²) in [6.45, 7) is 10.3. The summed E-state index contributed by atoms with van der Waals surface area (Å²) in [5, 5.41) is 0. The summed E-state index contributed by atoms with van der Waals surface area (Å²) in [6.07, 6.45) is 3.26. The van der Waals surface area contributed by atoms with Crippen LogP contribution < -0.4 is 5.73 Å². The molecule has 0 saturated carbocycles. The molecule has 2 N–H and O–H groups in total. The van der Waals surface area contributed by atoms with Gasteiger partial charge in [-0.25, -0.2) is 4.79 Å². The van der Waals surface area contributed by atoms with Crippen molar-refractivity contribution in [3.8, 4) is 0 Å². The number of piperidine rings is 1. The third-order valence-electron chi connectivity index (χ3n) is 4.22. The lowest BCUT2D eigenvalue weighted by atomic mass is 10.0. The fourth-order valence-electron chi connectivity index (χ4n) is 3.13. The first-order valence-corrected chi connectivity index (χ1v) is 7.81. The van der Waals surface area contributed by atoms with E-state index in [4.69, 9.17) is 10.5 Å². The Morgan fingerprint density at radius 3 is 2.60 bits per heavy atom. The van der Waals surface area contributed by atoms with Crippen LogP contribution in [0.15, 0.2) is 0 Å². The Bertz CT molecular complexity index is 341. The van der Waals surface area contributed by atoms with E-state index in [1.54, 1.807) is 0 Å². The van der Waals surface area contributed by atoms with Crippen molar-refractivity contribution in [2.45, 2.75) is 51.7 Å². The van der Waals surface area contributed by atoms with Crippen LogP contribution >= 0.6 is 0 Å². The molecule has 5 nitrogen and oxygen atoms in total. The topological polar surface area (TPSA) is 58.8 Å². The van der Waals surface area contributed by atoms with Crippen LogP contribution in [0.4, 0.5) is 4.79 Å². The fourth-order valence-corrected chi connectivity index (χ4v) is 3.13. The van der Waals surface area contributed by atoms with E-state index in [2.05, 4.69) is 4.90 Å². The van der Waals surface area contributed by atoms with E-state index in [-0.39, 0.29) is 6.09 Å². The summed E-state index contributed by atoms with van der Waals surface area (Å²) >= 11 is 0. The summed E-state index contributed by atoms with van der Waals surface area (Å²) in [7, 11) is 0. The molecular weight excluding hydrogens is 254 g/mol. The molecule has 0 bridgehead atoms. The van der Waals surface area contributed by atoms with Gasteiger partial charge in [0.15, 0.2) is 0 Å². The lowest BCUT2D eigenvalue weighted by molar-refractivity contribution is 0.0122. The van der Waals surface area contributed by atoms with Gasteiger partial charge in [-0.15, -0.1) is 0 Å². The highest BCUT2D eigenvalue weighted by Gasteiger charge is 2.33. The molecule has 0 aliphatic carbocycles. The molecule has 1 amide bonds. The van der Waals surface area contributed by atoms with Gasteiger partial charge in [-0.1, -0.05) is 0 Å². The maximum absolute atomic E-state index is 12.2. The highest BCUT2D eigenvalue weighted by Crippen LogP contribution is 2.24. The standard InChI is InChI=1S/C15H29N3O2/c1-15(2,3)20-14(19)18-7-4-5-13(11-18)17-8-6-12(9-16)10-17/h12-13H,4-11,16H2,1-3H3. The molecule has 2 atom stereocenters. The summed E-state index contributed by atoms with van der Waals surface area (Å²) in [5.41, 5.74) is 5.34. The maximum Gasteiger partial charge on any atom is 0.410 e. The molecule has 2 saturated heterocycles. The van der Waals surface area contributed by atoms with Gasteiger partial charge in [0.25, 0.3) is 0 Å². The molecule has 2 aliphatic rings. The molecule has 2 unspecified atom stereocenters. The second kappa shape index (κ2) is 6.31. The second-order valence-electron chi connectivity index (χ2n) is 7.11. The number of carbonyl (C=O) groups is 1. The maximum atomic E-state index is 12.2. The van der Waals surface area contributed by atoms with Crippen molar-refractivity contribution in [3.05, 3.63) is 0 Å². The number of hydrogen-bond donors (Lipinski definition) is 1. The first-order chi connectivity index (χ1) is 9.39. The minimum absolute atomic E-state index is 0.170. The largest absolute Gasteiger partial charge is 0.444 e. The Morgan fingerprint density at radius 1 is 1.25 bits per heavy atom. The first kappa shape index (κ1) is 15.6. The zero-order valence-electron chi connectivity index (χ0n) is 13.1. The van der Waals surface area contributed by atoms with Crippen molar-refractivity contribution < 1.29 is 9.53 Å². The smallest absolute Gasteiger partial charge is 0.410 e. The molecule has 0 spiro atoms. The predicted molar refractivity (Wildman–Crippen MR) is 79.6 cm³/mol. The zero-order valence-corrected chi connectivity index (χ0v) is 13.1. The molecule has 2 fully saturated rings. The van der Waals surface area contributed by atoms with Crippen molar-refractivity contribution >= 4 is 6.09 Å². The van der Waals surface area contributed by atoms with Crippen molar-refractivity contribution in [1.29, 1.82) is 0 Å². The van der Waals surface area contributed by atoms with Crippen LogP contribution in [0, 0.1) is 5.92 Å². The van der Waals surface area contributed by atoms with Crippen molar-refractivity contribution in [1.82, 2.24) is 9.80 Å². The number of carbonyl (C=O) groups excluding carboxylic acids is 1. The van der Waals surface area contributed by atoms with Gasteiger partial charge in [0.2, 0.25) is 0 Å². The molecule has 116 valence electrons. The van der Waals surface area contributed by atoms with Crippen LogP contribution in [0.25, 0.3) is 0 Å². The van der Waals surface area contributed by atoms with Crippen molar-refractivity contribution in [2.75, 3.05) is 32.7 Å². The Kier molecular flexibility index (Phi) is 4.91. The summed E-state index contributed by atoms with van der Waals surface area (Å²) in [5.74, 6) is 0.631. The van der Waals surface area contributed by atoms with E-state index in [9.17, 15) is 4.79 Å². The number of amides is 1. The Labute approximate surface area is 122 Å². The Balaban J connectivity index is 1.87. The van der Waals surface area contributed by atoms with Crippen LogP contribution in [0.2, 0.25) is 0 Å². The minimum Gasteiger partial charge on any atom is -0.444 e. The Morgan fingerprint density at radius 2 is 2.00 bits per heavy atom. The highest BCUT2D eigenvalue weighted by molar-refractivity contribution is 5.68. The lowest BCUT2D eigenvalue weighted by Crippen LogP contribution is -2.50. The highest BCUT2D eigenvalue weighted by atomic mass is 16.6. The molecule has 2 rings (SSSR count). The molecule has 0 radical (unpaired) electrons. The molecule has 0 aromatic heterocycles. The average Bonchev–Trinajstić information content (AvgIpc) is 2.85. The fraction of sp³-hybridized carbons (Fsp3) is 0.933. The van der Waals surface area contributed by atoms with Crippen LogP contribution in [0.1, 0.15) is 40.0 Å². The van der Waals surface area contributed by atoms with E-state index in [1.807, 2.05) is 25.7 Å². The first-order valence-electron chi connectivity index (χ1n) is 7.81. The van der Waals surface area contributed by atoms with Crippen LogP contribution in [-0.2, 0) is 4.74 Å². The molecule has 0 aromatic rings. The Hall–Kier alpha value is -0.810. The number of nitrogens with zero attached hydrogens (tertiary/aromatic N) is 2. The van der Waals surface area contributed by atoms with E-state index in [0.29, 0.717) is 12.0 Å². The number of hydrogen-bond acceptors (Lipinski definition) is 4. The molecule has 20 heavy (non-hydrogen) atoms. The van der Waals surface area contributed by atoms with Gasteiger partial charge in [0, 0.05) is 25.7 Å². The normalized spacial score (nSPS) is 28.7.